The molecule has 0 radical (unpaired) electrons. The van der Waals surface area contributed by atoms with Gasteiger partial charge in [0.25, 0.3) is 5.91 Å². The largest absolute Gasteiger partial charge is 0.494 e. The molecule has 0 aromatic heterocycles. The van der Waals surface area contributed by atoms with Crippen LogP contribution in [0.4, 0.5) is 0 Å². The number of rotatable bonds is 10. The molecule has 6 heteroatoms. The molecule has 1 fully saturated rings. The molecule has 2 aromatic carbocycles. The first-order valence-electron chi connectivity index (χ1n) is 11.2. The number of hydrogen-bond acceptors (Lipinski definition) is 4. The van der Waals surface area contributed by atoms with Crippen LogP contribution < -0.4 is 4.74 Å². The smallest absolute Gasteiger partial charge is 0.254 e. The SMILES string of the molecule is CCCCCOc1ccc(C(=O)N(Cc2ccc(CC)cc2)C2CCS(=O)(=O)C2)cc1. The highest BCUT2D eigenvalue weighted by atomic mass is 32.2. The maximum atomic E-state index is 13.4. The summed E-state index contributed by atoms with van der Waals surface area (Å²) in [5, 5.41) is 0. The molecule has 3 rings (SSSR count). The third-order valence-electron chi connectivity index (χ3n) is 5.81. The second kappa shape index (κ2) is 10.8. The van der Waals surface area contributed by atoms with Crippen molar-refractivity contribution in [2.24, 2.45) is 0 Å². The number of sulfone groups is 1. The minimum atomic E-state index is -3.09. The van der Waals surface area contributed by atoms with Gasteiger partial charge in [-0.3, -0.25) is 4.79 Å². The van der Waals surface area contributed by atoms with E-state index in [1.54, 1.807) is 17.0 Å². The Kier molecular flexibility index (Phi) is 8.13. The maximum absolute atomic E-state index is 13.4. The monoisotopic (exact) mass is 443 g/mol. The van der Waals surface area contributed by atoms with Gasteiger partial charge in [0.05, 0.1) is 18.1 Å². The molecule has 2 aromatic rings. The third-order valence-corrected chi connectivity index (χ3v) is 7.56. The zero-order chi connectivity index (χ0) is 22.3. The lowest BCUT2D eigenvalue weighted by atomic mass is 10.1. The Hall–Kier alpha value is -2.34. The quantitative estimate of drug-likeness (QED) is 0.502. The molecule has 1 atom stereocenters. The molecule has 1 unspecified atom stereocenters. The fourth-order valence-corrected chi connectivity index (χ4v) is 5.60. The van der Waals surface area contributed by atoms with Gasteiger partial charge in [-0.05, 0) is 54.7 Å². The van der Waals surface area contributed by atoms with Gasteiger partial charge in [-0.2, -0.15) is 0 Å². The molecule has 1 heterocycles. The Morgan fingerprint density at radius 1 is 1.00 bits per heavy atom. The van der Waals surface area contributed by atoms with Crippen LogP contribution in [-0.4, -0.2) is 43.4 Å². The highest BCUT2D eigenvalue weighted by Crippen LogP contribution is 2.23. The van der Waals surface area contributed by atoms with E-state index in [9.17, 15) is 13.2 Å². The number of nitrogens with zero attached hydrogens (tertiary/aromatic N) is 1. The highest BCUT2D eigenvalue weighted by molar-refractivity contribution is 7.91. The average molecular weight is 444 g/mol. The number of ether oxygens (including phenoxy) is 1. The summed E-state index contributed by atoms with van der Waals surface area (Å²) in [6.07, 6.45) is 4.73. The van der Waals surface area contributed by atoms with Gasteiger partial charge in [0.15, 0.2) is 9.84 Å². The molecule has 1 saturated heterocycles. The molecule has 168 valence electrons. The number of carbonyl (C=O) groups excluding carboxylic acids is 1. The van der Waals surface area contributed by atoms with Crippen molar-refractivity contribution in [2.45, 2.75) is 58.5 Å². The van der Waals surface area contributed by atoms with Crippen LogP contribution in [0.3, 0.4) is 0 Å². The van der Waals surface area contributed by atoms with E-state index in [0.29, 0.717) is 25.1 Å². The predicted octanol–water partition coefficient (Wildman–Crippen LogP) is 4.65. The second-order valence-electron chi connectivity index (χ2n) is 8.24. The topological polar surface area (TPSA) is 63.7 Å². The molecule has 0 saturated carbocycles. The van der Waals surface area contributed by atoms with Crippen LogP contribution in [0.2, 0.25) is 0 Å². The number of carbonyl (C=O) groups is 1. The minimum absolute atomic E-state index is 0.0321. The summed E-state index contributed by atoms with van der Waals surface area (Å²) in [5.41, 5.74) is 2.79. The van der Waals surface area contributed by atoms with Crippen molar-refractivity contribution >= 4 is 15.7 Å². The minimum Gasteiger partial charge on any atom is -0.494 e. The first-order valence-corrected chi connectivity index (χ1v) is 13.1. The lowest BCUT2D eigenvalue weighted by Crippen LogP contribution is -2.40. The number of amides is 1. The molecule has 1 aliphatic rings. The summed E-state index contributed by atoms with van der Waals surface area (Å²) in [6.45, 7) is 5.32. The van der Waals surface area contributed by atoms with E-state index in [1.165, 1.54) is 5.56 Å². The molecule has 31 heavy (non-hydrogen) atoms. The molecule has 1 aliphatic heterocycles. The van der Waals surface area contributed by atoms with Crippen LogP contribution in [0.1, 0.15) is 61.0 Å². The molecule has 1 amide bonds. The van der Waals surface area contributed by atoms with Crippen LogP contribution in [0.25, 0.3) is 0 Å². The van der Waals surface area contributed by atoms with Crippen molar-refractivity contribution < 1.29 is 17.9 Å². The van der Waals surface area contributed by atoms with Crippen LogP contribution in [-0.2, 0) is 22.8 Å². The standard InChI is InChI=1S/C25H33NO4S/c1-3-5-6-16-30-24-13-11-22(12-14-24)25(27)26(23-15-17-31(28,29)19-23)18-21-9-7-20(4-2)8-10-21/h7-14,23H,3-6,15-19H2,1-2H3. The van der Waals surface area contributed by atoms with Crippen molar-refractivity contribution in [1.82, 2.24) is 4.90 Å². The number of unbranched alkanes of at least 4 members (excludes halogenated alkanes) is 2. The fraction of sp³-hybridized carbons (Fsp3) is 0.480. The lowest BCUT2D eigenvalue weighted by molar-refractivity contribution is 0.0681. The Bertz CT molecular complexity index is 952. The number of benzene rings is 2. The summed E-state index contributed by atoms with van der Waals surface area (Å²) < 4.78 is 29.9. The third kappa shape index (κ3) is 6.57. The van der Waals surface area contributed by atoms with Crippen LogP contribution in [0.5, 0.6) is 5.75 Å². The Labute approximate surface area is 186 Å². The first-order chi connectivity index (χ1) is 14.9. The Morgan fingerprint density at radius 2 is 1.68 bits per heavy atom. The van der Waals surface area contributed by atoms with Crippen molar-refractivity contribution in [2.75, 3.05) is 18.1 Å². The van der Waals surface area contributed by atoms with E-state index in [0.717, 1.165) is 37.0 Å². The first kappa shape index (κ1) is 23.3. The van der Waals surface area contributed by atoms with Crippen molar-refractivity contribution in [1.29, 1.82) is 0 Å². The van der Waals surface area contributed by atoms with E-state index in [2.05, 4.69) is 26.0 Å². The zero-order valence-corrected chi connectivity index (χ0v) is 19.4. The molecule has 0 bridgehead atoms. The Morgan fingerprint density at radius 3 is 2.26 bits per heavy atom. The van der Waals surface area contributed by atoms with Crippen molar-refractivity contribution in [3.8, 4) is 5.75 Å². The molecular weight excluding hydrogens is 410 g/mol. The fourth-order valence-electron chi connectivity index (χ4n) is 3.87. The molecular formula is C25H33NO4S. The normalized spacial score (nSPS) is 17.4. The molecule has 0 spiro atoms. The van der Waals surface area contributed by atoms with E-state index >= 15 is 0 Å². The average Bonchev–Trinajstić information content (AvgIpc) is 3.15. The summed E-state index contributed by atoms with van der Waals surface area (Å²) in [7, 11) is -3.09. The van der Waals surface area contributed by atoms with E-state index in [-0.39, 0.29) is 23.5 Å². The molecule has 0 aliphatic carbocycles. The van der Waals surface area contributed by atoms with Gasteiger partial charge in [-0.15, -0.1) is 0 Å². The van der Waals surface area contributed by atoms with Gasteiger partial charge in [-0.1, -0.05) is 51.0 Å². The molecule has 5 nitrogen and oxygen atoms in total. The van der Waals surface area contributed by atoms with Gasteiger partial charge in [-0.25, -0.2) is 8.42 Å². The summed E-state index contributed by atoms with van der Waals surface area (Å²) >= 11 is 0. The highest BCUT2D eigenvalue weighted by Gasteiger charge is 2.35. The zero-order valence-electron chi connectivity index (χ0n) is 18.5. The van der Waals surface area contributed by atoms with Crippen LogP contribution >= 0.6 is 0 Å². The van der Waals surface area contributed by atoms with Crippen molar-refractivity contribution in [3.63, 3.8) is 0 Å². The van der Waals surface area contributed by atoms with Crippen molar-refractivity contribution in [3.05, 3.63) is 65.2 Å². The molecule has 0 N–H and O–H groups in total. The number of hydrogen-bond donors (Lipinski definition) is 0. The summed E-state index contributed by atoms with van der Waals surface area (Å²) in [4.78, 5) is 15.1. The van der Waals surface area contributed by atoms with E-state index in [4.69, 9.17) is 4.74 Å². The summed E-state index contributed by atoms with van der Waals surface area (Å²) in [6, 6.07) is 15.1. The number of aryl methyl sites for hydroxylation is 1. The summed E-state index contributed by atoms with van der Waals surface area (Å²) in [5.74, 6) is 0.780. The second-order valence-corrected chi connectivity index (χ2v) is 10.5. The van der Waals surface area contributed by atoms with Gasteiger partial charge in [0.2, 0.25) is 0 Å². The van der Waals surface area contributed by atoms with Gasteiger partial charge >= 0.3 is 0 Å². The van der Waals surface area contributed by atoms with Gasteiger partial charge in [0, 0.05) is 18.2 Å². The Balaban J connectivity index is 1.75. The van der Waals surface area contributed by atoms with Gasteiger partial charge in [0.1, 0.15) is 5.75 Å². The van der Waals surface area contributed by atoms with Gasteiger partial charge < -0.3 is 9.64 Å². The van der Waals surface area contributed by atoms with Crippen LogP contribution in [0, 0.1) is 0 Å². The van der Waals surface area contributed by atoms with Crippen LogP contribution in [0.15, 0.2) is 48.5 Å². The predicted molar refractivity (Wildman–Crippen MR) is 124 cm³/mol. The van der Waals surface area contributed by atoms with E-state index in [1.807, 2.05) is 24.3 Å². The maximum Gasteiger partial charge on any atom is 0.254 e. The van der Waals surface area contributed by atoms with E-state index < -0.39 is 9.84 Å². The lowest BCUT2D eigenvalue weighted by Gasteiger charge is -2.28.